The van der Waals surface area contributed by atoms with E-state index in [0.29, 0.717) is 23.2 Å². The van der Waals surface area contributed by atoms with Gasteiger partial charge in [-0.05, 0) is 54.8 Å². The maximum Gasteiger partial charge on any atom is 0.254 e. The average molecular weight is 316 g/mol. The Morgan fingerprint density at radius 2 is 1.77 bits per heavy atom. The van der Waals surface area contributed by atoms with Gasteiger partial charge in [-0.3, -0.25) is 4.79 Å². The van der Waals surface area contributed by atoms with Crippen molar-refractivity contribution in [2.75, 3.05) is 7.11 Å². The molecule has 3 nitrogen and oxygen atoms in total. The summed E-state index contributed by atoms with van der Waals surface area (Å²) in [6, 6.07) is 15.3. The first-order chi connectivity index (χ1) is 10.7. The summed E-state index contributed by atoms with van der Waals surface area (Å²) in [6.07, 6.45) is 2.16. The molecule has 114 valence electrons. The lowest BCUT2D eigenvalue weighted by Gasteiger charge is -2.23. The van der Waals surface area contributed by atoms with Crippen LogP contribution in [0.3, 0.4) is 0 Å². The number of nitrogens with zero attached hydrogens (tertiary/aromatic N) is 1. The first-order valence-corrected chi connectivity index (χ1v) is 7.74. The van der Waals surface area contributed by atoms with Crippen molar-refractivity contribution in [3.05, 3.63) is 64.7 Å². The van der Waals surface area contributed by atoms with E-state index in [1.165, 1.54) is 0 Å². The van der Waals surface area contributed by atoms with Crippen LogP contribution in [0.1, 0.15) is 28.8 Å². The van der Waals surface area contributed by atoms with E-state index in [1.807, 2.05) is 29.2 Å². The highest BCUT2D eigenvalue weighted by Gasteiger charge is 2.33. The highest BCUT2D eigenvalue weighted by atomic mass is 35.5. The quantitative estimate of drug-likeness (QED) is 0.829. The molecule has 0 atom stereocenters. The molecule has 22 heavy (non-hydrogen) atoms. The summed E-state index contributed by atoms with van der Waals surface area (Å²) < 4.78 is 5.17. The number of halogens is 1. The standard InChI is InChI=1S/C18H18ClNO2/c1-22-17-10-2-13(3-11-17)12-20(16-8-9-16)18(21)14-4-6-15(19)7-5-14/h2-7,10-11,16H,8-9,12H2,1H3. The Labute approximate surface area is 135 Å². The number of rotatable bonds is 5. The molecule has 2 aromatic rings. The number of carbonyl (C=O) groups is 1. The van der Waals surface area contributed by atoms with Crippen molar-refractivity contribution in [2.24, 2.45) is 0 Å². The SMILES string of the molecule is COc1ccc(CN(C(=O)c2ccc(Cl)cc2)C2CC2)cc1. The summed E-state index contributed by atoms with van der Waals surface area (Å²) in [5, 5.41) is 0.643. The highest BCUT2D eigenvalue weighted by Crippen LogP contribution is 2.30. The van der Waals surface area contributed by atoms with Crippen LogP contribution >= 0.6 is 11.6 Å². The van der Waals surface area contributed by atoms with Crippen molar-refractivity contribution < 1.29 is 9.53 Å². The highest BCUT2D eigenvalue weighted by molar-refractivity contribution is 6.30. The molecule has 4 heteroatoms. The number of benzene rings is 2. The molecule has 1 aliphatic carbocycles. The molecule has 0 aromatic heterocycles. The number of ether oxygens (including phenoxy) is 1. The predicted octanol–water partition coefficient (Wildman–Crippen LogP) is 4.15. The third kappa shape index (κ3) is 3.42. The van der Waals surface area contributed by atoms with Gasteiger partial charge in [-0.2, -0.15) is 0 Å². The average Bonchev–Trinajstić information content (AvgIpc) is 3.38. The molecular formula is C18H18ClNO2. The number of carbonyl (C=O) groups excluding carboxylic acids is 1. The maximum atomic E-state index is 12.7. The summed E-state index contributed by atoms with van der Waals surface area (Å²) in [7, 11) is 1.65. The van der Waals surface area contributed by atoms with Gasteiger partial charge in [0.05, 0.1) is 7.11 Å². The van der Waals surface area contributed by atoms with Gasteiger partial charge in [0.25, 0.3) is 5.91 Å². The van der Waals surface area contributed by atoms with Crippen LogP contribution in [-0.4, -0.2) is 24.0 Å². The minimum atomic E-state index is 0.0648. The Morgan fingerprint density at radius 1 is 1.14 bits per heavy atom. The van der Waals surface area contributed by atoms with Crippen LogP contribution in [0.2, 0.25) is 5.02 Å². The van der Waals surface area contributed by atoms with E-state index in [-0.39, 0.29) is 5.91 Å². The normalized spacial score (nSPS) is 13.7. The molecule has 1 aliphatic rings. The number of amides is 1. The molecule has 0 aliphatic heterocycles. The summed E-state index contributed by atoms with van der Waals surface area (Å²) in [6.45, 7) is 0.621. The fourth-order valence-corrected chi connectivity index (χ4v) is 2.56. The lowest BCUT2D eigenvalue weighted by Crippen LogP contribution is -2.32. The Kier molecular flexibility index (Phi) is 4.34. The topological polar surface area (TPSA) is 29.5 Å². The van der Waals surface area contributed by atoms with Crippen LogP contribution in [0.5, 0.6) is 5.75 Å². The van der Waals surface area contributed by atoms with Gasteiger partial charge in [-0.15, -0.1) is 0 Å². The Morgan fingerprint density at radius 3 is 2.32 bits per heavy atom. The Hall–Kier alpha value is -2.00. The molecule has 1 amide bonds. The van der Waals surface area contributed by atoms with Crippen molar-refractivity contribution in [1.82, 2.24) is 4.90 Å². The van der Waals surface area contributed by atoms with Crippen LogP contribution in [0.25, 0.3) is 0 Å². The van der Waals surface area contributed by atoms with E-state index in [0.717, 1.165) is 24.2 Å². The van der Waals surface area contributed by atoms with Crippen LogP contribution in [-0.2, 0) is 6.54 Å². The zero-order valence-electron chi connectivity index (χ0n) is 12.5. The first-order valence-electron chi connectivity index (χ1n) is 7.37. The third-order valence-electron chi connectivity index (χ3n) is 3.85. The predicted molar refractivity (Wildman–Crippen MR) is 87.3 cm³/mol. The maximum absolute atomic E-state index is 12.7. The van der Waals surface area contributed by atoms with E-state index in [1.54, 1.807) is 31.4 Å². The zero-order valence-corrected chi connectivity index (χ0v) is 13.2. The van der Waals surface area contributed by atoms with Gasteiger partial charge in [-0.25, -0.2) is 0 Å². The minimum absolute atomic E-state index is 0.0648. The van der Waals surface area contributed by atoms with Crippen molar-refractivity contribution in [1.29, 1.82) is 0 Å². The molecule has 1 fully saturated rings. The molecule has 0 unspecified atom stereocenters. The number of methoxy groups -OCH3 is 1. The minimum Gasteiger partial charge on any atom is -0.497 e. The Bertz CT molecular complexity index is 648. The zero-order chi connectivity index (χ0) is 15.5. The van der Waals surface area contributed by atoms with Crippen molar-refractivity contribution in [2.45, 2.75) is 25.4 Å². The number of hydrogen-bond acceptors (Lipinski definition) is 2. The van der Waals surface area contributed by atoms with Crippen molar-refractivity contribution in [3.8, 4) is 5.75 Å². The largest absolute Gasteiger partial charge is 0.497 e. The molecule has 0 N–H and O–H groups in total. The van der Waals surface area contributed by atoms with Gasteiger partial charge in [-0.1, -0.05) is 23.7 Å². The van der Waals surface area contributed by atoms with E-state index < -0.39 is 0 Å². The monoisotopic (exact) mass is 315 g/mol. The van der Waals surface area contributed by atoms with E-state index in [9.17, 15) is 4.79 Å². The molecule has 2 aromatic carbocycles. The summed E-state index contributed by atoms with van der Waals surface area (Å²) in [5.74, 6) is 0.890. The second-order valence-electron chi connectivity index (χ2n) is 5.52. The van der Waals surface area contributed by atoms with Crippen LogP contribution in [0.4, 0.5) is 0 Å². The molecule has 0 saturated heterocycles. The van der Waals surface area contributed by atoms with Gasteiger partial charge >= 0.3 is 0 Å². The van der Waals surface area contributed by atoms with E-state index in [4.69, 9.17) is 16.3 Å². The summed E-state index contributed by atoms with van der Waals surface area (Å²) >= 11 is 5.89. The first kappa shape index (κ1) is 14.9. The molecule has 1 saturated carbocycles. The van der Waals surface area contributed by atoms with Crippen molar-refractivity contribution in [3.63, 3.8) is 0 Å². The van der Waals surface area contributed by atoms with Crippen LogP contribution in [0.15, 0.2) is 48.5 Å². The van der Waals surface area contributed by atoms with Gasteiger partial charge in [0, 0.05) is 23.2 Å². The smallest absolute Gasteiger partial charge is 0.254 e. The molecule has 0 heterocycles. The second kappa shape index (κ2) is 6.41. The molecule has 0 radical (unpaired) electrons. The van der Waals surface area contributed by atoms with Crippen LogP contribution in [0, 0.1) is 0 Å². The second-order valence-corrected chi connectivity index (χ2v) is 5.96. The van der Waals surface area contributed by atoms with Crippen LogP contribution < -0.4 is 4.74 Å². The third-order valence-corrected chi connectivity index (χ3v) is 4.10. The van der Waals surface area contributed by atoms with E-state index in [2.05, 4.69) is 0 Å². The summed E-state index contributed by atoms with van der Waals surface area (Å²) in [5.41, 5.74) is 1.79. The summed E-state index contributed by atoms with van der Waals surface area (Å²) in [4.78, 5) is 14.7. The lowest BCUT2D eigenvalue weighted by atomic mass is 10.1. The fourth-order valence-electron chi connectivity index (χ4n) is 2.44. The van der Waals surface area contributed by atoms with Gasteiger partial charge in [0.15, 0.2) is 0 Å². The molecule has 0 bridgehead atoms. The van der Waals surface area contributed by atoms with Gasteiger partial charge < -0.3 is 9.64 Å². The lowest BCUT2D eigenvalue weighted by molar-refractivity contribution is 0.0730. The fraction of sp³-hybridized carbons (Fsp3) is 0.278. The van der Waals surface area contributed by atoms with Crippen molar-refractivity contribution >= 4 is 17.5 Å². The Balaban J connectivity index is 1.77. The molecule has 0 spiro atoms. The number of hydrogen-bond donors (Lipinski definition) is 0. The van der Waals surface area contributed by atoms with E-state index >= 15 is 0 Å². The van der Waals surface area contributed by atoms with Gasteiger partial charge in [0.2, 0.25) is 0 Å². The van der Waals surface area contributed by atoms with Gasteiger partial charge in [0.1, 0.15) is 5.75 Å². The molecular weight excluding hydrogens is 298 g/mol. The molecule has 3 rings (SSSR count).